The quantitative estimate of drug-likeness (QED) is 0.471. The molecule has 0 radical (unpaired) electrons. The van der Waals surface area contributed by atoms with E-state index in [1.165, 1.54) is 0 Å². The smallest absolute Gasteiger partial charge is 0.356 e. The molecule has 3 aromatic heterocycles. The molecule has 7 nitrogen and oxygen atoms in total. The number of alkyl halides is 3. The number of halogens is 3. The molecule has 0 unspecified atom stereocenters. The molecule has 3 aromatic rings. The van der Waals surface area contributed by atoms with E-state index in [1.807, 2.05) is 29.8 Å². The van der Waals surface area contributed by atoms with Gasteiger partial charge in [0.2, 0.25) is 0 Å². The zero-order chi connectivity index (χ0) is 20.9. The second-order valence-electron chi connectivity index (χ2n) is 6.10. The summed E-state index contributed by atoms with van der Waals surface area (Å²) in [5.74, 6) is 2.19. The van der Waals surface area contributed by atoms with Gasteiger partial charge in [0, 0.05) is 50.5 Å². The van der Waals surface area contributed by atoms with Crippen LogP contribution in [0.1, 0.15) is 22.1 Å². The van der Waals surface area contributed by atoms with E-state index in [0.717, 1.165) is 33.9 Å². The number of pyridine rings is 1. The van der Waals surface area contributed by atoms with E-state index < -0.39 is 11.9 Å². The van der Waals surface area contributed by atoms with Crippen molar-refractivity contribution in [2.45, 2.75) is 26.1 Å². The summed E-state index contributed by atoms with van der Waals surface area (Å²) in [6.07, 6.45) is 1.31. The van der Waals surface area contributed by atoms with Gasteiger partial charge in [0.15, 0.2) is 11.7 Å². The third-order valence-electron chi connectivity index (χ3n) is 4.04. The standard InChI is InChI=1S/C18H20F3N7S/c1-12-23-7-8-28(12)15-4-3-13(9-25-15)10-26-17(22-2)24-6-5-16-27-14(11-29-16)18(19,20)21/h3-4,7-9,11H,5-6,10H2,1-2H3,(H2,22,24,26). The average Bonchev–Trinajstić information content (AvgIpc) is 3.34. The molecule has 29 heavy (non-hydrogen) atoms. The number of thiazole rings is 1. The summed E-state index contributed by atoms with van der Waals surface area (Å²) in [6, 6.07) is 3.86. The molecule has 11 heteroatoms. The summed E-state index contributed by atoms with van der Waals surface area (Å²) in [6.45, 7) is 2.83. The molecule has 0 saturated heterocycles. The summed E-state index contributed by atoms with van der Waals surface area (Å²) < 4.78 is 39.6. The Morgan fingerprint density at radius 3 is 2.66 bits per heavy atom. The molecule has 0 atom stereocenters. The van der Waals surface area contributed by atoms with Crippen molar-refractivity contribution in [2.75, 3.05) is 13.6 Å². The number of rotatable bonds is 6. The van der Waals surface area contributed by atoms with Crippen LogP contribution in [0.3, 0.4) is 0 Å². The third-order valence-corrected chi connectivity index (χ3v) is 4.95. The van der Waals surface area contributed by atoms with Crippen LogP contribution in [0.25, 0.3) is 5.82 Å². The normalized spacial score (nSPS) is 12.2. The van der Waals surface area contributed by atoms with Gasteiger partial charge in [0.25, 0.3) is 0 Å². The number of nitrogens with zero attached hydrogens (tertiary/aromatic N) is 5. The van der Waals surface area contributed by atoms with Gasteiger partial charge < -0.3 is 10.6 Å². The van der Waals surface area contributed by atoms with Crippen molar-refractivity contribution in [3.05, 3.63) is 58.2 Å². The number of hydrogen-bond acceptors (Lipinski definition) is 5. The van der Waals surface area contributed by atoms with Gasteiger partial charge in [-0.2, -0.15) is 13.2 Å². The first-order valence-corrected chi connectivity index (χ1v) is 9.66. The Labute approximate surface area is 169 Å². The number of guanidine groups is 1. The van der Waals surface area contributed by atoms with Crippen molar-refractivity contribution in [3.63, 3.8) is 0 Å². The van der Waals surface area contributed by atoms with Gasteiger partial charge in [0.05, 0.1) is 5.01 Å². The average molecular weight is 423 g/mol. The van der Waals surface area contributed by atoms with Crippen LogP contribution >= 0.6 is 11.3 Å². The minimum Gasteiger partial charge on any atom is -0.356 e. The molecular weight excluding hydrogens is 403 g/mol. The Morgan fingerprint density at radius 2 is 2.07 bits per heavy atom. The van der Waals surface area contributed by atoms with Crippen LogP contribution in [-0.2, 0) is 19.1 Å². The zero-order valence-electron chi connectivity index (χ0n) is 15.9. The lowest BCUT2D eigenvalue weighted by Crippen LogP contribution is -2.37. The van der Waals surface area contributed by atoms with Gasteiger partial charge in [-0.05, 0) is 18.6 Å². The minimum absolute atomic E-state index is 0.377. The maximum Gasteiger partial charge on any atom is 0.434 e. The van der Waals surface area contributed by atoms with Crippen LogP contribution in [0.4, 0.5) is 13.2 Å². The summed E-state index contributed by atoms with van der Waals surface area (Å²) in [5, 5.41) is 7.68. The van der Waals surface area contributed by atoms with Gasteiger partial charge in [-0.15, -0.1) is 11.3 Å². The van der Waals surface area contributed by atoms with E-state index in [0.29, 0.717) is 30.5 Å². The first-order valence-electron chi connectivity index (χ1n) is 8.78. The van der Waals surface area contributed by atoms with Gasteiger partial charge in [-0.25, -0.2) is 15.0 Å². The van der Waals surface area contributed by atoms with Crippen LogP contribution in [0, 0.1) is 6.92 Å². The van der Waals surface area contributed by atoms with Crippen molar-refractivity contribution in [1.29, 1.82) is 0 Å². The van der Waals surface area contributed by atoms with Crippen molar-refractivity contribution in [2.24, 2.45) is 4.99 Å². The molecule has 0 amide bonds. The monoisotopic (exact) mass is 423 g/mol. The van der Waals surface area contributed by atoms with E-state index in [2.05, 4.69) is 30.6 Å². The molecule has 0 fully saturated rings. The number of hydrogen-bond donors (Lipinski definition) is 2. The molecule has 0 aliphatic carbocycles. The first kappa shape index (κ1) is 20.8. The van der Waals surface area contributed by atoms with E-state index >= 15 is 0 Å². The van der Waals surface area contributed by atoms with Crippen LogP contribution < -0.4 is 10.6 Å². The Morgan fingerprint density at radius 1 is 1.24 bits per heavy atom. The molecule has 2 N–H and O–H groups in total. The summed E-state index contributed by atoms with van der Waals surface area (Å²) in [4.78, 5) is 16.3. The lowest BCUT2D eigenvalue weighted by Gasteiger charge is -2.12. The minimum atomic E-state index is -4.40. The third kappa shape index (κ3) is 5.53. The largest absolute Gasteiger partial charge is 0.434 e. The molecular formula is C18H20F3N7S. The highest BCUT2D eigenvalue weighted by atomic mass is 32.1. The first-order chi connectivity index (χ1) is 13.9. The number of imidazole rings is 1. The van der Waals surface area contributed by atoms with Gasteiger partial charge in [-0.1, -0.05) is 6.07 Å². The number of nitrogens with one attached hydrogen (secondary N) is 2. The highest BCUT2D eigenvalue weighted by Crippen LogP contribution is 2.29. The second kappa shape index (κ2) is 9.03. The van der Waals surface area contributed by atoms with E-state index in [4.69, 9.17) is 0 Å². The number of aryl methyl sites for hydroxylation is 1. The van der Waals surface area contributed by atoms with Crippen molar-refractivity contribution in [3.8, 4) is 5.82 Å². The van der Waals surface area contributed by atoms with Gasteiger partial charge >= 0.3 is 6.18 Å². The van der Waals surface area contributed by atoms with E-state index in [9.17, 15) is 13.2 Å². The summed E-state index contributed by atoms with van der Waals surface area (Å²) in [7, 11) is 1.63. The zero-order valence-corrected chi connectivity index (χ0v) is 16.7. The van der Waals surface area contributed by atoms with Crippen molar-refractivity contribution >= 4 is 17.3 Å². The highest BCUT2D eigenvalue weighted by Gasteiger charge is 2.33. The Balaban J connectivity index is 1.47. The van der Waals surface area contributed by atoms with Crippen LogP contribution in [0.15, 0.2) is 41.1 Å². The summed E-state index contributed by atoms with van der Waals surface area (Å²) in [5.41, 5.74) is 0.117. The maximum atomic E-state index is 12.6. The molecule has 0 saturated carbocycles. The Kier molecular flexibility index (Phi) is 6.47. The van der Waals surface area contributed by atoms with E-state index in [-0.39, 0.29) is 0 Å². The van der Waals surface area contributed by atoms with Crippen molar-refractivity contribution < 1.29 is 13.2 Å². The van der Waals surface area contributed by atoms with Gasteiger partial charge in [-0.3, -0.25) is 9.56 Å². The lowest BCUT2D eigenvalue weighted by atomic mass is 10.3. The fourth-order valence-electron chi connectivity index (χ4n) is 2.53. The predicted molar refractivity (Wildman–Crippen MR) is 105 cm³/mol. The Bertz CT molecular complexity index is 960. The molecule has 0 aliphatic heterocycles. The molecule has 3 rings (SSSR count). The Hall–Kier alpha value is -2.95. The fraction of sp³-hybridized carbons (Fsp3) is 0.333. The number of aliphatic imine (C=N–C) groups is 1. The molecule has 0 aromatic carbocycles. The number of aromatic nitrogens is 4. The van der Waals surface area contributed by atoms with Crippen LogP contribution in [-0.4, -0.2) is 39.1 Å². The molecule has 154 valence electrons. The summed E-state index contributed by atoms with van der Waals surface area (Å²) >= 11 is 1.00. The lowest BCUT2D eigenvalue weighted by molar-refractivity contribution is -0.140. The van der Waals surface area contributed by atoms with Crippen LogP contribution in [0.2, 0.25) is 0 Å². The molecule has 3 heterocycles. The van der Waals surface area contributed by atoms with Gasteiger partial charge in [0.1, 0.15) is 11.6 Å². The topological polar surface area (TPSA) is 80.0 Å². The maximum absolute atomic E-state index is 12.6. The fourth-order valence-corrected chi connectivity index (χ4v) is 3.34. The van der Waals surface area contributed by atoms with E-state index in [1.54, 1.807) is 19.4 Å². The SMILES string of the molecule is CN=C(NCCc1nc(C(F)(F)F)cs1)NCc1ccc(-n2ccnc2C)nc1. The highest BCUT2D eigenvalue weighted by molar-refractivity contribution is 7.09. The predicted octanol–water partition coefficient (Wildman–Crippen LogP) is 2.96. The second-order valence-corrected chi connectivity index (χ2v) is 7.04. The molecule has 0 bridgehead atoms. The van der Waals surface area contributed by atoms with Crippen LogP contribution in [0.5, 0.6) is 0 Å². The molecule has 0 spiro atoms. The molecule has 0 aliphatic rings. The van der Waals surface area contributed by atoms with Crippen molar-refractivity contribution in [1.82, 2.24) is 30.2 Å².